The summed E-state index contributed by atoms with van der Waals surface area (Å²) in [5.41, 5.74) is -0.00653. The van der Waals surface area contributed by atoms with Gasteiger partial charge in [-0.3, -0.25) is 9.59 Å². The molecule has 4 nitrogen and oxygen atoms in total. The van der Waals surface area contributed by atoms with Crippen molar-refractivity contribution in [3.05, 3.63) is 114 Å². The van der Waals surface area contributed by atoms with E-state index in [4.69, 9.17) is 0 Å². The van der Waals surface area contributed by atoms with E-state index in [-0.39, 0.29) is 23.3 Å². The van der Waals surface area contributed by atoms with E-state index >= 15 is 0 Å². The third-order valence-electron chi connectivity index (χ3n) is 7.86. The highest BCUT2D eigenvalue weighted by atomic mass is 31.2. The first-order valence-corrected chi connectivity index (χ1v) is 17.2. The lowest BCUT2D eigenvalue weighted by molar-refractivity contribution is -0.134. The van der Waals surface area contributed by atoms with E-state index in [9.17, 15) is 19.8 Å². The third-order valence-corrected chi connectivity index (χ3v) is 12.4. The number of hydrogen-bond acceptors (Lipinski definition) is 4. The Kier molecular flexibility index (Phi) is 13.9. The highest BCUT2D eigenvalue weighted by Gasteiger charge is 2.44. The molecule has 222 valence electrons. The zero-order valence-corrected chi connectivity index (χ0v) is 25.9. The maximum Gasteiger partial charge on any atom is 0.230 e. The van der Waals surface area contributed by atoms with Crippen LogP contribution < -0.4 is 15.9 Å². The second-order valence-corrected chi connectivity index (χ2v) is 14.6. The fourth-order valence-electron chi connectivity index (χ4n) is 5.55. The molecule has 0 fully saturated rings. The van der Waals surface area contributed by atoms with Crippen LogP contribution in [0.15, 0.2) is 114 Å². The van der Waals surface area contributed by atoms with Crippen LogP contribution >= 0.6 is 7.26 Å². The number of Topliss-reactive ketones (excluding diaryl/α,β-unsaturated/α-hetero) is 2. The lowest BCUT2D eigenvalue weighted by Gasteiger charge is -2.27. The van der Waals surface area contributed by atoms with Gasteiger partial charge in [0.15, 0.2) is 0 Å². The van der Waals surface area contributed by atoms with Gasteiger partial charge in [-0.2, -0.15) is 0 Å². The van der Waals surface area contributed by atoms with E-state index in [0.29, 0.717) is 6.42 Å². The Morgan fingerprint density at radius 3 is 1.40 bits per heavy atom. The second-order valence-electron chi connectivity index (χ2n) is 11.0. The van der Waals surface area contributed by atoms with Gasteiger partial charge >= 0.3 is 0 Å². The molecule has 42 heavy (non-hydrogen) atoms. The summed E-state index contributed by atoms with van der Waals surface area (Å²) in [4.78, 5) is 24.5. The van der Waals surface area contributed by atoms with Crippen LogP contribution in [0.3, 0.4) is 0 Å². The molecule has 0 aliphatic carbocycles. The van der Waals surface area contributed by atoms with Gasteiger partial charge in [0.1, 0.15) is 28.9 Å². The summed E-state index contributed by atoms with van der Waals surface area (Å²) in [5.74, 6) is -1.76. The quantitative estimate of drug-likeness (QED) is 0.0384. The molecular weight excluding hydrogens is 539 g/mol. The van der Waals surface area contributed by atoms with Crippen molar-refractivity contribution in [2.45, 2.75) is 71.1 Å². The molecule has 0 saturated heterocycles. The van der Waals surface area contributed by atoms with E-state index in [1.54, 1.807) is 0 Å². The summed E-state index contributed by atoms with van der Waals surface area (Å²) in [6, 6.07) is 33.2. The number of carbonyl (C=O) groups excluding carboxylic acids is 2. The number of unbranched alkanes of at least 4 members (excludes halogenated alkanes) is 8. The Labute approximate surface area is 252 Å². The number of hydrogen-bond donors (Lipinski definition) is 2. The van der Waals surface area contributed by atoms with Crippen molar-refractivity contribution in [2.24, 2.45) is 0 Å². The van der Waals surface area contributed by atoms with Crippen LogP contribution in [0.2, 0.25) is 0 Å². The van der Waals surface area contributed by atoms with E-state index in [2.05, 4.69) is 97.6 Å². The first-order valence-electron chi connectivity index (χ1n) is 15.2. The van der Waals surface area contributed by atoms with E-state index in [0.717, 1.165) is 25.4 Å². The maximum atomic E-state index is 12.2. The average Bonchev–Trinajstić information content (AvgIpc) is 3.03. The Morgan fingerprint density at radius 1 is 0.643 bits per heavy atom. The Morgan fingerprint density at radius 2 is 1.02 bits per heavy atom. The standard InChI is InChI=1S/C37H45O4P/c1-30(2)36(40)34(29-38)37(41)35(39)27-19-8-6-4-3-5-7-9-20-28-42(31-21-13-10-14-22-31,32-23-15-11-16-24-32)33-25-17-12-18-26-33/h10-18,21-26,38H,1,3-9,19-20,27-29H2,2H3/p+1. The number of carbonyl (C=O) groups is 2. The van der Waals surface area contributed by atoms with Crippen molar-refractivity contribution in [1.29, 1.82) is 0 Å². The summed E-state index contributed by atoms with van der Waals surface area (Å²) >= 11 is 0. The van der Waals surface area contributed by atoms with Crippen molar-refractivity contribution in [2.75, 3.05) is 12.8 Å². The summed E-state index contributed by atoms with van der Waals surface area (Å²) < 4.78 is 0. The van der Waals surface area contributed by atoms with Gasteiger partial charge in [0.25, 0.3) is 0 Å². The molecule has 3 aromatic carbocycles. The van der Waals surface area contributed by atoms with E-state index in [1.165, 1.54) is 54.9 Å². The van der Waals surface area contributed by atoms with Gasteiger partial charge in [-0.15, -0.1) is 0 Å². The zero-order chi connectivity index (χ0) is 30.2. The minimum absolute atomic E-state index is 0.140. The molecule has 0 unspecified atom stereocenters. The van der Waals surface area contributed by atoms with Gasteiger partial charge in [-0.25, -0.2) is 0 Å². The van der Waals surface area contributed by atoms with Crippen molar-refractivity contribution >= 4 is 34.7 Å². The van der Waals surface area contributed by atoms with Gasteiger partial charge in [-0.05, 0) is 68.2 Å². The van der Waals surface area contributed by atoms with Crippen LogP contribution in [0, 0.1) is 0 Å². The van der Waals surface area contributed by atoms with Gasteiger partial charge in [0.2, 0.25) is 11.6 Å². The van der Waals surface area contributed by atoms with Crippen LogP contribution in [-0.4, -0.2) is 34.5 Å². The third kappa shape index (κ3) is 9.08. The maximum absolute atomic E-state index is 12.2. The fourth-order valence-corrected chi connectivity index (χ4v) is 9.96. The summed E-state index contributed by atoms with van der Waals surface area (Å²) in [6.07, 6.45) is 11.0. The molecule has 0 aromatic heterocycles. The molecule has 0 spiro atoms. The Hall–Kier alpha value is -3.33. The van der Waals surface area contributed by atoms with Gasteiger partial charge in [-0.1, -0.05) is 99.7 Å². The van der Waals surface area contributed by atoms with Crippen LogP contribution in [0.5, 0.6) is 0 Å². The smallest absolute Gasteiger partial charge is 0.230 e. The predicted octanol–water partition coefficient (Wildman–Crippen LogP) is 7.40. The first-order chi connectivity index (χ1) is 20.4. The number of ketones is 2. The molecule has 0 aliphatic heterocycles. The molecule has 3 aromatic rings. The molecule has 3 rings (SSSR count). The minimum atomic E-state index is -1.75. The SMILES string of the molecule is C=C(C)C(O)=C(CO)C(=O)C(=O)CCCCCCCCCCC[P+](c1ccccc1)(c1ccccc1)c1ccccc1. The largest absolute Gasteiger partial charge is 0.507 e. The number of benzene rings is 3. The number of aliphatic hydroxyl groups excluding tert-OH is 2. The molecule has 0 heterocycles. The fraction of sp³-hybridized carbons (Fsp3) is 0.351. The van der Waals surface area contributed by atoms with Crippen LogP contribution in [0.25, 0.3) is 0 Å². The predicted molar refractivity (Wildman–Crippen MR) is 178 cm³/mol. The molecule has 0 aliphatic rings. The van der Waals surface area contributed by atoms with Crippen molar-refractivity contribution in [1.82, 2.24) is 0 Å². The molecule has 2 N–H and O–H groups in total. The van der Waals surface area contributed by atoms with Crippen LogP contribution in [-0.2, 0) is 9.59 Å². The highest BCUT2D eigenvalue weighted by molar-refractivity contribution is 7.95. The number of rotatable bonds is 19. The lowest BCUT2D eigenvalue weighted by atomic mass is 10.00. The van der Waals surface area contributed by atoms with Crippen LogP contribution in [0.1, 0.15) is 71.1 Å². The molecule has 0 atom stereocenters. The van der Waals surface area contributed by atoms with Crippen molar-refractivity contribution in [3.63, 3.8) is 0 Å². The molecule has 0 bridgehead atoms. The average molecular weight is 586 g/mol. The number of allylic oxidation sites excluding steroid dienone is 1. The minimum Gasteiger partial charge on any atom is -0.507 e. The Balaban J connectivity index is 1.43. The first kappa shape index (κ1) is 33.2. The van der Waals surface area contributed by atoms with Crippen molar-refractivity contribution < 1.29 is 19.8 Å². The zero-order valence-electron chi connectivity index (χ0n) is 25.0. The van der Waals surface area contributed by atoms with Crippen LogP contribution in [0.4, 0.5) is 0 Å². The topological polar surface area (TPSA) is 74.6 Å². The van der Waals surface area contributed by atoms with Gasteiger partial charge in [0, 0.05) is 6.42 Å². The van der Waals surface area contributed by atoms with E-state index in [1.807, 2.05) is 0 Å². The molecular formula is C37H46O4P+. The number of aliphatic hydroxyl groups is 2. The second kappa shape index (κ2) is 17.6. The van der Waals surface area contributed by atoms with Gasteiger partial charge in [0.05, 0.1) is 18.3 Å². The summed E-state index contributed by atoms with van der Waals surface area (Å²) in [5, 5.41) is 23.6. The van der Waals surface area contributed by atoms with E-state index < -0.39 is 25.4 Å². The summed E-state index contributed by atoms with van der Waals surface area (Å²) in [6.45, 7) is 4.42. The monoisotopic (exact) mass is 585 g/mol. The Bertz CT molecular complexity index is 1200. The molecule has 0 radical (unpaired) electrons. The molecule has 0 amide bonds. The summed E-state index contributed by atoms with van der Waals surface area (Å²) in [7, 11) is -1.75. The molecule has 0 saturated carbocycles. The highest BCUT2D eigenvalue weighted by Crippen LogP contribution is 2.56. The van der Waals surface area contributed by atoms with Crippen molar-refractivity contribution in [3.8, 4) is 0 Å². The molecule has 5 heteroatoms. The van der Waals surface area contributed by atoms with Gasteiger partial charge < -0.3 is 10.2 Å². The normalized spacial score (nSPS) is 12.0. The lowest BCUT2D eigenvalue weighted by Crippen LogP contribution is -2.33.